The Morgan fingerprint density at radius 2 is 1.90 bits per heavy atom. The smallest absolute Gasteiger partial charge is 0.294 e. The molecule has 0 radical (unpaired) electrons. The predicted octanol–water partition coefficient (Wildman–Crippen LogP) is 3.25. The fourth-order valence-corrected chi connectivity index (χ4v) is 3.09. The first-order valence-corrected chi connectivity index (χ1v) is 8.95. The van der Waals surface area contributed by atoms with Gasteiger partial charge in [-0.25, -0.2) is 4.68 Å². The van der Waals surface area contributed by atoms with Crippen LogP contribution in [0.1, 0.15) is 16.2 Å². The lowest BCUT2D eigenvalue weighted by Gasteiger charge is -2.12. The normalized spacial score (nSPS) is 10.7. The third-order valence-corrected chi connectivity index (χ3v) is 4.49. The summed E-state index contributed by atoms with van der Waals surface area (Å²) in [4.78, 5) is 40.2. The van der Waals surface area contributed by atoms with Gasteiger partial charge in [-0.1, -0.05) is 18.2 Å². The monoisotopic (exact) mass is 401 g/mol. The summed E-state index contributed by atoms with van der Waals surface area (Å²) in [7, 11) is 0. The summed E-state index contributed by atoms with van der Waals surface area (Å²) in [6.07, 6.45) is 1.67. The van der Waals surface area contributed by atoms with E-state index >= 15 is 0 Å². The number of carbonyl (C=O) groups excluding carboxylic acids is 1. The number of nitrogens with zero attached hydrogens (tertiary/aromatic N) is 4. The van der Waals surface area contributed by atoms with Crippen LogP contribution >= 0.6 is 0 Å². The van der Waals surface area contributed by atoms with E-state index in [9.17, 15) is 19.7 Å². The molecule has 4 rings (SSSR count). The number of hydrogen-bond donors (Lipinski definition) is 1. The van der Waals surface area contributed by atoms with Crippen LogP contribution < -0.4 is 10.7 Å². The lowest BCUT2D eigenvalue weighted by atomic mass is 10.2. The third-order valence-electron chi connectivity index (χ3n) is 4.49. The Hall–Kier alpha value is -4.40. The van der Waals surface area contributed by atoms with Crippen LogP contribution in [-0.2, 0) is 0 Å². The Kier molecular flexibility index (Phi) is 4.77. The van der Waals surface area contributed by atoms with Crippen LogP contribution in [-0.4, -0.2) is 25.6 Å². The number of aromatic nitrogens is 3. The summed E-state index contributed by atoms with van der Waals surface area (Å²) in [5, 5.41) is 19.0. The lowest BCUT2D eigenvalue weighted by molar-refractivity contribution is -0.384. The van der Waals surface area contributed by atoms with Gasteiger partial charge in [0.1, 0.15) is 5.69 Å². The molecule has 4 aromatic rings. The van der Waals surface area contributed by atoms with E-state index in [2.05, 4.69) is 15.4 Å². The molecule has 2 aromatic heterocycles. The zero-order chi connectivity index (χ0) is 21.3. The number of benzene rings is 2. The molecule has 0 bridgehead atoms. The van der Waals surface area contributed by atoms with Gasteiger partial charge < -0.3 is 5.32 Å². The lowest BCUT2D eigenvalue weighted by Crippen LogP contribution is -2.27. The first kappa shape index (κ1) is 18.9. The summed E-state index contributed by atoms with van der Waals surface area (Å²) >= 11 is 0. The van der Waals surface area contributed by atoms with Gasteiger partial charge in [0.15, 0.2) is 5.69 Å². The largest absolute Gasteiger partial charge is 0.320 e. The average molecular weight is 401 g/mol. The van der Waals surface area contributed by atoms with Gasteiger partial charge in [0.2, 0.25) is 5.43 Å². The van der Waals surface area contributed by atoms with Crippen LogP contribution in [0.2, 0.25) is 0 Å². The minimum atomic E-state index is -0.712. The van der Waals surface area contributed by atoms with Gasteiger partial charge in [0.25, 0.3) is 11.6 Å². The van der Waals surface area contributed by atoms with E-state index in [1.807, 2.05) is 6.07 Å². The quantitative estimate of drug-likeness (QED) is 0.414. The SMILES string of the molecule is Cc1cc(=O)c(C(=O)Nc2ccc3ncccc3c2)nn1-c1ccccc1[N+](=O)[O-]. The zero-order valence-electron chi connectivity index (χ0n) is 15.8. The fraction of sp³-hybridized carbons (Fsp3) is 0.0476. The number of nitro benzene ring substituents is 1. The van der Waals surface area contributed by atoms with E-state index in [4.69, 9.17) is 0 Å². The van der Waals surface area contributed by atoms with Gasteiger partial charge in [0, 0.05) is 35.1 Å². The number of rotatable bonds is 4. The number of para-hydroxylation sites is 2. The van der Waals surface area contributed by atoms with E-state index in [0.29, 0.717) is 11.4 Å². The van der Waals surface area contributed by atoms with Crippen LogP contribution in [0.5, 0.6) is 0 Å². The Morgan fingerprint density at radius 1 is 1.10 bits per heavy atom. The molecule has 2 heterocycles. The number of anilines is 1. The van der Waals surface area contributed by atoms with Crippen LogP contribution in [0.4, 0.5) is 11.4 Å². The van der Waals surface area contributed by atoms with Crippen molar-refractivity contribution in [3.8, 4) is 5.69 Å². The average Bonchev–Trinajstić information content (AvgIpc) is 2.73. The molecule has 0 fully saturated rings. The van der Waals surface area contributed by atoms with Crippen molar-refractivity contribution in [3.63, 3.8) is 0 Å². The summed E-state index contributed by atoms with van der Waals surface area (Å²) in [5.41, 5.74) is 0.619. The molecule has 9 heteroatoms. The highest BCUT2D eigenvalue weighted by atomic mass is 16.6. The maximum atomic E-state index is 12.7. The van der Waals surface area contributed by atoms with Gasteiger partial charge in [-0.2, -0.15) is 5.10 Å². The van der Waals surface area contributed by atoms with E-state index < -0.39 is 16.3 Å². The van der Waals surface area contributed by atoms with Gasteiger partial charge in [0.05, 0.1) is 10.4 Å². The second-order valence-electron chi connectivity index (χ2n) is 6.52. The Bertz CT molecular complexity index is 1360. The topological polar surface area (TPSA) is 120 Å². The number of nitro groups is 1. The van der Waals surface area contributed by atoms with Gasteiger partial charge >= 0.3 is 0 Å². The maximum absolute atomic E-state index is 12.7. The van der Waals surface area contributed by atoms with E-state index in [1.54, 1.807) is 43.5 Å². The highest BCUT2D eigenvalue weighted by Gasteiger charge is 2.20. The third kappa shape index (κ3) is 3.51. The minimum absolute atomic E-state index is 0.158. The standard InChI is InChI=1S/C21H15N5O4/c1-13-11-19(27)20(24-25(13)17-6-2-3-7-18(17)26(29)30)21(28)23-15-8-9-16-14(12-15)5-4-10-22-16/h2-12H,1H3,(H,23,28). The van der Waals surface area contributed by atoms with Crippen molar-refractivity contribution < 1.29 is 9.72 Å². The number of aryl methyl sites for hydroxylation is 1. The first-order valence-electron chi connectivity index (χ1n) is 8.95. The molecular formula is C21H15N5O4. The second kappa shape index (κ2) is 7.55. The summed E-state index contributed by atoms with van der Waals surface area (Å²) in [6, 6.07) is 16.0. The molecular weight excluding hydrogens is 386 g/mol. The molecule has 9 nitrogen and oxygen atoms in total. The first-order chi connectivity index (χ1) is 14.4. The molecule has 148 valence electrons. The number of nitrogens with one attached hydrogen (secondary N) is 1. The molecule has 0 saturated carbocycles. The number of fused-ring (bicyclic) bond motifs is 1. The van der Waals surface area contributed by atoms with E-state index in [-0.39, 0.29) is 17.1 Å². The number of carbonyl (C=O) groups is 1. The van der Waals surface area contributed by atoms with Gasteiger partial charge in [-0.15, -0.1) is 0 Å². The van der Waals surface area contributed by atoms with Crippen molar-refractivity contribution in [3.05, 3.63) is 98.6 Å². The Labute approximate surface area is 169 Å². The highest BCUT2D eigenvalue weighted by Crippen LogP contribution is 2.22. The molecule has 1 N–H and O–H groups in total. The molecule has 30 heavy (non-hydrogen) atoms. The van der Waals surface area contributed by atoms with Crippen LogP contribution in [0.15, 0.2) is 71.7 Å². The van der Waals surface area contributed by atoms with Crippen molar-refractivity contribution in [1.82, 2.24) is 14.8 Å². The maximum Gasteiger partial charge on any atom is 0.294 e. The van der Waals surface area contributed by atoms with Gasteiger partial charge in [-0.3, -0.25) is 24.7 Å². The minimum Gasteiger partial charge on any atom is -0.320 e. The van der Waals surface area contributed by atoms with Crippen molar-refractivity contribution in [2.45, 2.75) is 6.92 Å². The number of amides is 1. The highest BCUT2D eigenvalue weighted by molar-refractivity contribution is 6.03. The molecule has 0 atom stereocenters. The van der Waals surface area contributed by atoms with Crippen molar-refractivity contribution >= 4 is 28.2 Å². The van der Waals surface area contributed by atoms with Crippen LogP contribution in [0.25, 0.3) is 16.6 Å². The summed E-state index contributed by atoms with van der Waals surface area (Å²) in [5.74, 6) is -0.712. The van der Waals surface area contributed by atoms with Crippen molar-refractivity contribution in [1.29, 1.82) is 0 Å². The molecule has 0 unspecified atom stereocenters. The van der Waals surface area contributed by atoms with E-state index in [0.717, 1.165) is 10.9 Å². The molecule has 0 aliphatic carbocycles. The predicted molar refractivity (Wildman–Crippen MR) is 111 cm³/mol. The van der Waals surface area contributed by atoms with Crippen LogP contribution in [0, 0.1) is 17.0 Å². The Balaban J connectivity index is 1.74. The van der Waals surface area contributed by atoms with Crippen molar-refractivity contribution in [2.75, 3.05) is 5.32 Å². The Morgan fingerprint density at radius 3 is 2.70 bits per heavy atom. The summed E-state index contributed by atoms with van der Waals surface area (Å²) in [6.45, 7) is 1.59. The van der Waals surface area contributed by atoms with Gasteiger partial charge in [-0.05, 0) is 37.3 Å². The zero-order valence-corrected chi connectivity index (χ0v) is 15.8. The van der Waals surface area contributed by atoms with Crippen molar-refractivity contribution in [2.24, 2.45) is 0 Å². The van der Waals surface area contributed by atoms with Crippen LogP contribution in [0.3, 0.4) is 0 Å². The molecule has 1 amide bonds. The molecule has 0 aliphatic rings. The summed E-state index contributed by atoms with van der Waals surface area (Å²) < 4.78 is 1.22. The fourth-order valence-electron chi connectivity index (χ4n) is 3.09. The number of pyridine rings is 1. The second-order valence-corrected chi connectivity index (χ2v) is 6.52. The number of hydrogen-bond acceptors (Lipinski definition) is 6. The van der Waals surface area contributed by atoms with E-state index in [1.165, 1.54) is 28.9 Å². The molecule has 2 aromatic carbocycles. The molecule has 0 spiro atoms. The molecule has 0 saturated heterocycles. The molecule has 0 aliphatic heterocycles.